The van der Waals surface area contributed by atoms with Gasteiger partial charge in [-0.3, -0.25) is 4.98 Å². The van der Waals surface area contributed by atoms with Crippen LogP contribution in [0.25, 0.3) is 10.9 Å². The molecule has 4 nitrogen and oxygen atoms in total. The highest BCUT2D eigenvalue weighted by molar-refractivity contribution is 6.30. The topological polar surface area (TPSA) is 58.0 Å². The van der Waals surface area contributed by atoms with E-state index in [1.807, 2.05) is 0 Å². The van der Waals surface area contributed by atoms with E-state index in [-0.39, 0.29) is 33.2 Å². The van der Waals surface area contributed by atoms with Crippen LogP contribution in [-0.4, -0.2) is 15.1 Å². The molecule has 4 rings (SSSR count). The van der Waals surface area contributed by atoms with Crippen LogP contribution in [0.5, 0.6) is 5.75 Å². The number of alkyl halides is 3. The third-order valence-electron chi connectivity index (χ3n) is 4.73. The Morgan fingerprint density at radius 3 is 2.55 bits per heavy atom. The Kier molecular flexibility index (Phi) is 5.41. The molecule has 2 heterocycles. The molecule has 0 saturated heterocycles. The number of halogens is 5. The summed E-state index contributed by atoms with van der Waals surface area (Å²) in [6.07, 6.45) is -1.88. The van der Waals surface area contributed by atoms with Crippen molar-refractivity contribution in [3.63, 3.8) is 0 Å². The minimum absolute atomic E-state index is 0.0661. The average molecular weight is 448 g/mol. The molecule has 0 aliphatic rings. The fraction of sp³-hybridized carbons (Fsp3) is 0.0909. The molecule has 2 aromatic carbocycles. The van der Waals surface area contributed by atoms with Crippen LogP contribution in [0, 0.1) is 5.82 Å². The van der Waals surface area contributed by atoms with Crippen LogP contribution < -0.4 is 5.32 Å². The van der Waals surface area contributed by atoms with E-state index < -0.39 is 23.6 Å². The Bertz CT molecular complexity index is 1260. The van der Waals surface area contributed by atoms with Crippen molar-refractivity contribution in [2.75, 3.05) is 5.32 Å². The number of aromatic hydroxyl groups is 1. The zero-order valence-corrected chi connectivity index (χ0v) is 16.4. The second-order valence-electron chi connectivity index (χ2n) is 6.76. The number of nitrogens with one attached hydrogen (secondary N) is 1. The first-order chi connectivity index (χ1) is 14.7. The zero-order valence-electron chi connectivity index (χ0n) is 15.7. The van der Waals surface area contributed by atoms with Gasteiger partial charge in [-0.05, 0) is 29.8 Å². The molecule has 0 bridgehead atoms. The van der Waals surface area contributed by atoms with Crippen LogP contribution in [0.4, 0.5) is 23.4 Å². The van der Waals surface area contributed by atoms with Crippen LogP contribution in [-0.2, 0) is 6.18 Å². The molecule has 0 fully saturated rings. The van der Waals surface area contributed by atoms with Gasteiger partial charge in [-0.15, -0.1) is 0 Å². The van der Waals surface area contributed by atoms with Gasteiger partial charge in [-0.2, -0.15) is 13.2 Å². The summed E-state index contributed by atoms with van der Waals surface area (Å²) in [5.74, 6) is -1.25. The number of fused-ring (bicyclic) bond motifs is 1. The number of hydrogen-bond acceptors (Lipinski definition) is 4. The fourth-order valence-electron chi connectivity index (χ4n) is 3.27. The van der Waals surface area contributed by atoms with Crippen LogP contribution in [0.2, 0.25) is 5.02 Å². The Labute approximate surface area is 179 Å². The third kappa shape index (κ3) is 4.25. The van der Waals surface area contributed by atoms with Gasteiger partial charge in [0, 0.05) is 23.3 Å². The third-order valence-corrected chi connectivity index (χ3v) is 4.93. The van der Waals surface area contributed by atoms with Gasteiger partial charge in [0.25, 0.3) is 0 Å². The van der Waals surface area contributed by atoms with E-state index in [4.69, 9.17) is 11.6 Å². The standard InChI is InChI=1S/C22H14ClF4N3O/c23-15-10-17(24)21(29-11-15)30-18(13-3-1-5-14(9-13)22(25,26)27)16-7-6-12-4-2-8-28-19(12)20(16)31/h1-11,18,31H,(H,29,30). The Morgan fingerprint density at radius 2 is 1.81 bits per heavy atom. The first kappa shape index (κ1) is 20.9. The summed E-state index contributed by atoms with van der Waals surface area (Å²) in [6.45, 7) is 0. The summed E-state index contributed by atoms with van der Waals surface area (Å²) in [4.78, 5) is 8.04. The highest BCUT2D eigenvalue weighted by Gasteiger charge is 2.32. The molecular formula is C22H14ClF4N3O. The first-order valence-corrected chi connectivity index (χ1v) is 9.43. The number of nitrogens with zero attached hydrogens (tertiary/aromatic N) is 2. The van der Waals surface area contributed by atoms with E-state index in [9.17, 15) is 22.7 Å². The van der Waals surface area contributed by atoms with Gasteiger partial charge in [0.2, 0.25) is 0 Å². The van der Waals surface area contributed by atoms with E-state index in [0.29, 0.717) is 5.39 Å². The van der Waals surface area contributed by atoms with Crippen molar-refractivity contribution in [2.24, 2.45) is 0 Å². The number of phenolic OH excluding ortho intramolecular Hbond substituents is 1. The van der Waals surface area contributed by atoms with Crippen molar-refractivity contribution >= 4 is 28.3 Å². The lowest BCUT2D eigenvalue weighted by molar-refractivity contribution is -0.137. The van der Waals surface area contributed by atoms with Crippen molar-refractivity contribution in [1.29, 1.82) is 0 Å². The molecule has 0 saturated carbocycles. The Morgan fingerprint density at radius 1 is 1.00 bits per heavy atom. The summed E-state index contributed by atoms with van der Waals surface area (Å²) in [7, 11) is 0. The largest absolute Gasteiger partial charge is 0.505 e. The molecular weight excluding hydrogens is 434 g/mol. The van der Waals surface area contributed by atoms with Crippen LogP contribution in [0.15, 0.2) is 67.0 Å². The maximum Gasteiger partial charge on any atom is 0.416 e. The van der Waals surface area contributed by atoms with E-state index >= 15 is 0 Å². The lowest BCUT2D eigenvalue weighted by Gasteiger charge is -2.23. The summed E-state index contributed by atoms with van der Waals surface area (Å²) in [5, 5.41) is 14.3. The van der Waals surface area contributed by atoms with E-state index in [0.717, 1.165) is 18.2 Å². The number of benzene rings is 2. The smallest absolute Gasteiger partial charge is 0.416 e. The lowest BCUT2D eigenvalue weighted by atomic mass is 9.95. The van der Waals surface area contributed by atoms with Gasteiger partial charge in [0.05, 0.1) is 16.6 Å². The number of rotatable bonds is 4. The predicted octanol–water partition coefficient (Wildman–Crippen LogP) is 6.35. The highest BCUT2D eigenvalue weighted by atomic mass is 35.5. The van der Waals surface area contributed by atoms with Crippen molar-refractivity contribution in [2.45, 2.75) is 12.2 Å². The van der Waals surface area contributed by atoms with Gasteiger partial charge in [-0.25, -0.2) is 9.37 Å². The molecule has 158 valence electrons. The minimum Gasteiger partial charge on any atom is -0.505 e. The summed E-state index contributed by atoms with van der Waals surface area (Å²) in [6, 6.07) is 11.2. The maximum absolute atomic E-state index is 14.4. The van der Waals surface area contributed by atoms with Crippen molar-refractivity contribution in [3.05, 3.63) is 94.5 Å². The molecule has 2 aromatic heterocycles. The van der Waals surface area contributed by atoms with E-state index in [1.165, 1.54) is 24.5 Å². The Balaban J connectivity index is 1.89. The van der Waals surface area contributed by atoms with Crippen LogP contribution >= 0.6 is 11.6 Å². The summed E-state index contributed by atoms with van der Waals surface area (Å²) >= 11 is 5.75. The van der Waals surface area contributed by atoms with Gasteiger partial charge >= 0.3 is 6.18 Å². The summed E-state index contributed by atoms with van der Waals surface area (Å²) < 4.78 is 54.3. The monoisotopic (exact) mass is 447 g/mol. The van der Waals surface area contributed by atoms with Gasteiger partial charge < -0.3 is 10.4 Å². The molecule has 1 atom stereocenters. The molecule has 0 aliphatic heterocycles. The molecule has 2 N–H and O–H groups in total. The van der Waals surface area contributed by atoms with Gasteiger partial charge in [0.1, 0.15) is 11.3 Å². The molecule has 0 radical (unpaired) electrons. The quantitative estimate of drug-likeness (QED) is 0.358. The molecule has 4 aromatic rings. The number of aromatic nitrogens is 2. The second kappa shape index (κ2) is 8.03. The summed E-state index contributed by atoms with van der Waals surface area (Å²) in [5.41, 5.74) is -0.249. The number of hydrogen-bond donors (Lipinski definition) is 2. The molecule has 1 unspecified atom stereocenters. The van der Waals surface area contributed by atoms with Crippen LogP contribution in [0.1, 0.15) is 22.7 Å². The number of phenols is 1. The maximum atomic E-state index is 14.4. The van der Waals surface area contributed by atoms with Gasteiger partial charge in [0.15, 0.2) is 11.6 Å². The normalized spacial score (nSPS) is 12.7. The average Bonchev–Trinajstić information content (AvgIpc) is 2.74. The molecule has 9 heteroatoms. The van der Waals surface area contributed by atoms with Gasteiger partial charge in [-0.1, -0.05) is 41.9 Å². The predicted molar refractivity (Wildman–Crippen MR) is 110 cm³/mol. The lowest BCUT2D eigenvalue weighted by Crippen LogP contribution is -2.16. The zero-order chi connectivity index (χ0) is 22.2. The van der Waals surface area contributed by atoms with E-state index in [2.05, 4.69) is 15.3 Å². The van der Waals surface area contributed by atoms with Crippen molar-refractivity contribution < 1.29 is 22.7 Å². The van der Waals surface area contributed by atoms with Crippen molar-refractivity contribution in [3.8, 4) is 5.75 Å². The highest BCUT2D eigenvalue weighted by Crippen LogP contribution is 2.38. The van der Waals surface area contributed by atoms with E-state index in [1.54, 1.807) is 24.3 Å². The Hall–Kier alpha value is -3.39. The minimum atomic E-state index is -4.57. The molecule has 0 spiro atoms. The molecule has 0 amide bonds. The second-order valence-corrected chi connectivity index (χ2v) is 7.20. The first-order valence-electron chi connectivity index (χ1n) is 9.05. The number of anilines is 1. The fourth-order valence-corrected chi connectivity index (χ4v) is 3.42. The van der Waals surface area contributed by atoms with Crippen LogP contribution in [0.3, 0.4) is 0 Å². The molecule has 31 heavy (non-hydrogen) atoms. The SMILES string of the molecule is Oc1c(C(Nc2ncc(Cl)cc2F)c2cccc(C(F)(F)F)c2)ccc2cccnc12. The van der Waals surface area contributed by atoms with Crippen molar-refractivity contribution in [1.82, 2.24) is 9.97 Å². The number of pyridine rings is 2. The molecule has 0 aliphatic carbocycles.